The molecule has 2 heterocycles. The lowest BCUT2D eigenvalue weighted by Crippen LogP contribution is -1.84. The number of thiophene rings is 1. The lowest BCUT2D eigenvalue weighted by molar-refractivity contribution is 1.41. The second-order valence-corrected chi connectivity index (χ2v) is 5.76. The maximum absolute atomic E-state index is 3.45. The molecule has 0 amide bonds. The zero-order chi connectivity index (χ0) is 12.4. The fourth-order valence-corrected chi connectivity index (χ4v) is 2.85. The Bertz CT molecular complexity index is 626. The molecular weight excluding hydrogens is 308 g/mol. The largest absolute Gasteiger partial charge is 0.366 e. The van der Waals surface area contributed by atoms with Crippen LogP contribution in [0.4, 0.5) is 11.4 Å². The van der Waals surface area contributed by atoms with E-state index in [1.807, 2.05) is 18.5 Å². The normalized spacial score (nSPS) is 10.5. The van der Waals surface area contributed by atoms with Crippen LogP contribution in [0.5, 0.6) is 0 Å². The quantitative estimate of drug-likeness (QED) is 0.678. The summed E-state index contributed by atoms with van der Waals surface area (Å²) >= 11 is 5.19. The van der Waals surface area contributed by atoms with Crippen molar-refractivity contribution in [1.29, 1.82) is 0 Å². The Morgan fingerprint density at radius 1 is 1.06 bits per heavy atom. The van der Waals surface area contributed by atoms with Gasteiger partial charge in [-0.15, -0.1) is 11.3 Å². The molecule has 0 fully saturated rings. The molecule has 0 bridgehead atoms. The minimum Gasteiger partial charge on any atom is -0.366 e. The summed E-state index contributed by atoms with van der Waals surface area (Å²) in [5.74, 6) is 0. The first-order valence-electron chi connectivity index (χ1n) is 5.55. The maximum atomic E-state index is 3.45. The summed E-state index contributed by atoms with van der Waals surface area (Å²) in [7, 11) is 0. The zero-order valence-corrected chi connectivity index (χ0v) is 11.9. The molecule has 0 aliphatic carbocycles. The van der Waals surface area contributed by atoms with Gasteiger partial charge in [-0.3, -0.25) is 0 Å². The van der Waals surface area contributed by atoms with Crippen LogP contribution in [0.1, 0.15) is 0 Å². The number of anilines is 2. The average molecular weight is 319 g/mol. The predicted octanol–water partition coefficient (Wildman–Crippen LogP) is 5.25. The van der Waals surface area contributed by atoms with Gasteiger partial charge in [-0.2, -0.15) is 0 Å². The molecular formula is C14H11BrN2S. The number of aromatic nitrogens is 1. The third-order valence-corrected chi connectivity index (χ3v) is 4.12. The third-order valence-electron chi connectivity index (χ3n) is 2.61. The third kappa shape index (κ3) is 2.49. The van der Waals surface area contributed by atoms with E-state index in [1.165, 1.54) is 10.4 Å². The Balaban J connectivity index is 1.83. The molecule has 0 saturated heterocycles. The highest BCUT2D eigenvalue weighted by atomic mass is 79.9. The van der Waals surface area contributed by atoms with Gasteiger partial charge in [0.25, 0.3) is 0 Å². The first-order valence-corrected chi connectivity index (χ1v) is 7.23. The lowest BCUT2D eigenvalue weighted by atomic mass is 10.2. The van der Waals surface area contributed by atoms with Crippen molar-refractivity contribution in [2.75, 3.05) is 5.32 Å². The number of hydrogen-bond acceptors (Lipinski definition) is 2. The monoisotopic (exact) mass is 318 g/mol. The van der Waals surface area contributed by atoms with E-state index in [0.717, 1.165) is 15.8 Å². The molecule has 0 aliphatic rings. The Hall–Kier alpha value is -1.52. The number of benzene rings is 1. The van der Waals surface area contributed by atoms with Crippen LogP contribution >= 0.6 is 27.3 Å². The lowest BCUT2D eigenvalue weighted by Gasteiger charge is -1.99. The first kappa shape index (κ1) is 11.6. The number of halogens is 1. The van der Waals surface area contributed by atoms with E-state index in [0.29, 0.717) is 0 Å². The Morgan fingerprint density at radius 3 is 2.61 bits per heavy atom. The number of aromatic amines is 1. The smallest absolute Gasteiger partial charge is 0.0561 e. The zero-order valence-electron chi connectivity index (χ0n) is 9.48. The van der Waals surface area contributed by atoms with Crippen molar-refractivity contribution in [3.63, 3.8) is 0 Å². The minimum absolute atomic E-state index is 1.08. The second-order valence-electron chi connectivity index (χ2n) is 3.93. The molecule has 18 heavy (non-hydrogen) atoms. The van der Waals surface area contributed by atoms with Gasteiger partial charge < -0.3 is 10.3 Å². The van der Waals surface area contributed by atoms with Crippen LogP contribution in [0, 0.1) is 0 Å². The highest BCUT2D eigenvalue weighted by Crippen LogP contribution is 2.31. The maximum Gasteiger partial charge on any atom is 0.0561 e. The van der Waals surface area contributed by atoms with Crippen molar-refractivity contribution in [1.82, 2.24) is 4.98 Å². The van der Waals surface area contributed by atoms with Gasteiger partial charge in [0.2, 0.25) is 0 Å². The molecule has 2 N–H and O–H groups in total. The van der Waals surface area contributed by atoms with Crippen molar-refractivity contribution in [3.05, 3.63) is 58.6 Å². The molecule has 0 atom stereocenters. The van der Waals surface area contributed by atoms with Gasteiger partial charge in [-0.25, -0.2) is 0 Å². The molecule has 90 valence electrons. The standard InChI is InChI=1S/C14H11BrN2S/c15-11-3-1-10(2-4-11)14-7-13(9-18-14)17-12-5-6-16-8-12/h1-9,16-17H. The predicted molar refractivity (Wildman–Crippen MR) is 81.5 cm³/mol. The van der Waals surface area contributed by atoms with E-state index in [-0.39, 0.29) is 0 Å². The van der Waals surface area contributed by atoms with Crippen LogP contribution in [0.3, 0.4) is 0 Å². The molecule has 3 rings (SSSR count). The Kier molecular flexibility index (Phi) is 3.21. The van der Waals surface area contributed by atoms with Crippen LogP contribution in [0.25, 0.3) is 10.4 Å². The van der Waals surface area contributed by atoms with Gasteiger partial charge in [-0.05, 0) is 29.8 Å². The van der Waals surface area contributed by atoms with Gasteiger partial charge >= 0.3 is 0 Å². The van der Waals surface area contributed by atoms with Crippen LogP contribution < -0.4 is 5.32 Å². The van der Waals surface area contributed by atoms with Crippen LogP contribution in [0.2, 0.25) is 0 Å². The molecule has 1 aromatic carbocycles. The molecule has 0 aliphatic heterocycles. The van der Waals surface area contributed by atoms with Gasteiger partial charge in [0.15, 0.2) is 0 Å². The molecule has 0 spiro atoms. The van der Waals surface area contributed by atoms with Crippen molar-refractivity contribution >= 4 is 38.6 Å². The number of nitrogens with one attached hydrogen (secondary N) is 2. The van der Waals surface area contributed by atoms with E-state index in [2.05, 4.69) is 61.9 Å². The topological polar surface area (TPSA) is 27.8 Å². The van der Waals surface area contributed by atoms with Crippen LogP contribution in [0.15, 0.2) is 58.6 Å². The highest BCUT2D eigenvalue weighted by Gasteiger charge is 2.03. The minimum atomic E-state index is 1.08. The summed E-state index contributed by atoms with van der Waals surface area (Å²) < 4.78 is 1.11. The molecule has 0 saturated carbocycles. The Morgan fingerprint density at radius 2 is 1.89 bits per heavy atom. The van der Waals surface area contributed by atoms with Crippen molar-refractivity contribution in [2.45, 2.75) is 0 Å². The molecule has 2 aromatic heterocycles. The summed E-state index contributed by atoms with van der Waals surface area (Å²) in [5, 5.41) is 5.48. The van der Waals surface area contributed by atoms with Crippen molar-refractivity contribution in [2.24, 2.45) is 0 Å². The molecule has 0 radical (unpaired) electrons. The molecule has 2 nitrogen and oxygen atoms in total. The Labute approximate surface area is 118 Å². The van der Waals surface area contributed by atoms with Crippen LogP contribution in [-0.4, -0.2) is 4.98 Å². The van der Waals surface area contributed by atoms with E-state index in [9.17, 15) is 0 Å². The summed E-state index contributed by atoms with van der Waals surface area (Å²) in [6.45, 7) is 0. The van der Waals surface area contributed by atoms with Crippen LogP contribution in [-0.2, 0) is 0 Å². The summed E-state index contributed by atoms with van der Waals surface area (Å²) in [5.41, 5.74) is 3.44. The van der Waals surface area contributed by atoms with Crippen molar-refractivity contribution < 1.29 is 0 Å². The van der Waals surface area contributed by atoms with E-state index >= 15 is 0 Å². The SMILES string of the molecule is Brc1ccc(-c2cc(Nc3cc[nH]c3)cs2)cc1. The second kappa shape index (κ2) is 5.00. The molecule has 3 aromatic rings. The number of rotatable bonds is 3. The fourth-order valence-electron chi connectivity index (χ4n) is 1.74. The highest BCUT2D eigenvalue weighted by molar-refractivity contribution is 9.10. The average Bonchev–Trinajstić information content (AvgIpc) is 3.02. The number of H-pyrrole nitrogens is 1. The van der Waals surface area contributed by atoms with E-state index < -0.39 is 0 Å². The number of hydrogen-bond donors (Lipinski definition) is 2. The summed E-state index contributed by atoms with van der Waals surface area (Å²) in [4.78, 5) is 4.29. The van der Waals surface area contributed by atoms with Gasteiger partial charge in [0.1, 0.15) is 0 Å². The van der Waals surface area contributed by atoms with E-state index in [1.54, 1.807) is 11.3 Å². The van der Waals surface area contributed by atoms with E-state index in [4.69, 9.17) is 0 Å². The van der Waals surface area contributed by atoms with Gasteiger partial charge in [0.05, 0.1) is 5.69 Å². The molecule has 4 heteroatoms. The first-order chi connectivity index (χ1) is 8.81. The van der Waals surface area contributed by atoms with Gasteiger partial charge in [0, 0.05) is 32.8 Å². The fraction of sp³-hybridized carbons (Fsp3) is 0. The summed E-state index contributed by atoms with van der Waals surface area (Å²) in [6.07, 6.45) is 3.85. The molecule has 0 unspecified atom stereocenters. The summed E-state index contributed by atoms with van der Waals surface area (Å²) in [6, 6.07) is 12.5. The van der Waals surface area contributed by atoms with Gasteiger partial charge in [-0.1, -0.05) is 28.1 Å². The van der Waals surface area contributed by atoms with Crippen molar-refractivity contribution in [3.8, 4) is 10.4 Å².